The summed E-state index contributed by atoms with van der Waals surface area (Å²) in [7, 11) is 0. The first kappa shape index (κ1) is 11.5. The Labute approximate surface area is 100 Å². The predicted molar refractivity (Wildman–Crippen MR) is 63.3 cm³/mol. The van der Waals surface area contributed by atoms with E-state index in [9.17, 15) is 13.6 Å². The van der Waals surface area contributed by atoms with E-state index >= 15 is 0 Å². The topological polar surface area (TPSA) is 41.1 Å². The van der Waals surface area contributed by atoms with Crippen molar-refractivity contribution in [2.45, 2.75) is 0 Å². The highest BCUT2D eigenvalue weighted by Gasteiger charge is 2.10. The Hall–Kier alpha value is -1.95. The van der Waals surface area contributed by atoms with E-state index in [1.807, 2.05) is 0 Å². The molecule has 0 aliphatic rings. The van der Waals surface area contributed by atoms with Crippen LogP contribution in [0.3, 0.4) is 0 Å². The number of nitrogens with one attached hydrogen (secondary N) is 2. The van der Waals surface area contributed by atoms with Gasteiger partial charge >= 0.3 is 6.03 Å². The predicted octanol–water partition coefficient (Wildman–Crippen LogP) is 3.67. The molecule has 0 saturated carbocycles. The van der Waals surface area contributed by atoms with E-state index in [0.717, 1.165) is 6.07 Å². The Morgan fingerprint density at radius 2 is 1.94 bits per heavy atom. The maximum Gasteiger partial charge on any atom is 0.324 e. The largest absolute Gasteiger partial charge is 0.324 e. The van der Waals surface area contributed by atoms with Gasteiger partial charge in [0.2, 0.25) is 0 Å². The second-order valence-electron chi connectivity index (χ2n) is 3.16. The summed E-state index contributed by atoms with van der Waals surface area (Å²) in [6.45, 7) is 0. The molecule has 2 amide bonds. The number of rotatable bonds is 2. The molecule has 2 N–H and O–H groups in total. The van der Waals surface area contributed by atoms with Gasteiger partial charge in [-0.15, -0.1) is 11.3 Å². The Balaban J connectivity index is 2.06. The maximum atomic E-state index is 13.2. The average molecular weight is 254 g/mol. The van der Waals surface area contributed by atoms with E-state index in [4.69, 9.17) is 0 Å². The lowest BCUT2D eigenvalue weighted by Crippen LogP contribution is -2.19. The van der Waals surface area contributed by atoms with Crippen molar-refractivity contribution in [3.8, 4) is 0 Å². The van der Waals surface area contributed by atoms with Gasteiger partial charge in [-0.2, -0.15) is 0 Å². The molecular weight excluding hydrogens is 246 g/mol. The Morgan fingerprint density at radius 3 is 2.65 bits per heavy atom. The quantitative estimate of drug-likeness (QED) is 0.843. The summed E-state index contributed by atoms with van der Waals surface area (Å²) in [4.78, 5) is 11.4. The molecule has 0 bridgehead atoms. The van der Waals surface area contributed by atoms with Crippen molar-refractivity contribution in [3.63, 3.8) is 0 Å². The van der Waals surface area contributed by atoms with Crippen LogP contribution < -0.4 is 10.6 Å². The lowest BCUT2D eigenvalue weighted by atomic mass is 10.3. The van der Waals surface area contributed by atoms with Crippen LogP contribution in [0.15, 0.2) is 35.7 Å². The summed E-state index contributed by atoms with van der Waals surface area (Å²) in [6.07, 6.45) is 0. The molecular formula is C11H8F2N2OS. The van der Waals surface area contributed by atoms with Crippen molar-refractivity contribution in [1.82, 2.24) is 0 Å². The molecule has 2 aromatic rings. The Morgan fingerprint density at radius 1 is 1.12 bits per heavy atom. The second kappa shape index (κ2) is 4.92. The molecule has 1 heterocycles. The van der Waals surface area contributed by atoms with Crippen LogP contribution in [0.5, 0.6) is 0 Å². The molecule has 0 atom stereocenters. The number of thiophene rings is 1. The van der Waals surface area contributed by atoms with E-state index in [2.05, 4.69) is 10.6 Å². The van der Waals surface area contributed by atoms with Crippen molar-refractivity contribution < 1.29 is 13.6 Å². The SMILES string of the molecule is O=C(Nc1cccs1)Nc1cccc(F)c1F. The molecule has 0 unspecified atom stereocenters. The highest BCUT2D eigenvalue weighted by molar-refractivity contribution is 7.14. The van der Waals surface area contributed by atoms with Gasteiger partial charge in [-0.1, -0.05) is 6.07 Å². The molecule has 2 rings (SSSR count). The van der Waals surface area contributed by atoms with Crippen molar-refractivity contribution in [2.75, 3.05) is 10.6 Å². The summed E-state index contributed by atoms with van der Waals surface area (Å²) in [5.74, 6) is -2.08. The monoisotopic (exact) mass is 254 g/mol. The number of carbonyl (C=O) groups is 1. The zero-order valence-corrected chi connectivity index (χ0v) is 9.35. The van der Waals surface area contributed by atoms with Gasteiger partial charge in [0.1, 0.15) is 0 Å². The molecule has 0 fully saturated rings. The van der Waals surface area contributed by atoms with Gasteiger partial charge in [-0.05, 0) is 29.6 Å². The van der Waals surface area contributed by atoms with Gasteiger partial charge in [-0.3, -0.25) is 5.32 Å². The molecule has 1 aromatic carbocycles. The Bertz CT molecular complexity index is 528. The molecule has 6 heteroatoms. The molecule has 0 spiro atoms. The van der Waals surface area contributed by atoms with Crippen LogP contribution in [-0.2, 0) is 0 Å². The third-order valence-corrected chi connectivity index (χ3v) is 2.74. The van der Waals surface area contributed by atoms with Gasteiger partial charge < -0.3 is 5.32 Å². The first-order chi connectivity index (χ1) is 8.16. The molecule has 0 aliphatic heterocycles. The van der Waals surface area contributed by atoms with Crippen molar-refractivity contribution >= 4 is 28.1 Å². The number of amides is 2. The third-order valence-electron chi connectivity index (χ3n) is 1.96. The molecule has 3 nitrogen and oxygen atoms in total. The zero-order chi connectivity index (χ0) is 12.3. The number of halogens is 2. The van der Waals surface area contributed by atoms with Crippen molar-refractivity contribution in [2.24, 2.45) is 0 Å². The van der Waals surface area contributed by atoms with Crippen molar-refractivity contribution in [1.29, 1.82) is 0 Å². The minimum absolute atomic E-state index is 0.195. The van der Waals surface area contributed by atoms with Gasteiger partial charge in [0, 0.05) is 0 Å². The normalized spacial score (nSPS) is 10.0. The lowest BCUT2D eigenvalue weighted by Gasteiger charge is -2.07. The fourth-order valence-electron chi connectivity index (χ4n) is 1.22. The molecule has 0 saturated heterocycles. The molecule has 1 aromatic heterocycles. The average Bonchev–Trinajstić information content (AvgIpc) is 2.77. The number of urea groups is 1. The van der Waals surface area contributed by atoms with Crippen LogP contribution in [0, 0.1) is 11.6 Å². The minimum Gasteiger partial charge on any atom is -0.305 e. The fourth-order valence-corrected chi connectivity index (χ4v) is 1.83. The fraction of sp³-hybridized carbons (Fsp3) is 0. The van der Waals surface area contributed by atoms with Crippen LogP contribution in [0.25, 0.3) is 0 Å². The van der Waals surface area contributed by atoms with Crippen LogP contribution >= 0.6 is 11.3 Å². The first-order valence-corrected chi connectivity index (χ1v) is 5.60. The van der Waals surface area contributed by atoms with Crippen molar-refractivity contribution in [3.05, 3.63) is 47.3 Å². The summed E-state index contributed by atoms with van der Waals surface area (Å²) < 4.78 is 26.1. The molecule has 17 heavy (non-hydrogen) atoms. The molecule has 88 valence electrons. The van der Waals surface area contributed by atoms with Crippen LogP contribution in [0.2, 0.25) is 0 Å². The Kier molecular flexibility index (Phi) is 3.34. The lowest BCUT2D eigenvalue weighted by molar-refractivity contribution is 0.262. The summed E-state index contributed by atoms with van der Waals surface area (Å²) in [5.41, 5.74) is -0.195. The second-order valence-corrected chi connectivity index (χ2v) is 4.11. The first-order valence-electron chi connectivity index (χ1n) is 4.72. The smallest absolute Gasteiger partial charge is 0.305 e. The van der Waals surface area contributed by atoms with Gasteiger partial charge in [-0.25, -0.2) is 13.6 Å². The highest BCUT2D eigenvalue weighted by Crippen LogP contribution is 2.18. The summed E-state index contributed by atoms with van der Waals surface area (Å²) in [6, 6.07) is 6.44. The van der Waals surface area contributed by atoms with E-state index in [1.165, 1.54) is 23.5 Å². The van der Waals surface area contributed by atoms with Crippen LogP contribution in [-0.4, -0.2) is 6.03 Å². The molecule has 0 radical (unpaired) electrons. The number of carbonyl (C=O) groups excluding carboxylic acids is 1. The van der Waals surface area contributed by atoms with E-state index in [1.54, 1.807) is 17.5 Å². The zero-order valence-electron chi connectivity index (χ0n) is 8.54. The van der Waals surface area contributed by atoms with Gasteiger partial charge in [0.25, 0.3) is 0 Å². The van der Waals surface area contributed by atoms with E-state index < -0.39 is 17.7 Å². The number of benzene rings is 1. The van der Waals surface area contributed by atoms with Gasteiger partial charge in [0.15, 0.2) is 11.6 Å². The number of hydrogen-bond donors (Lipinski definition) is 2. The summed E-state index contributed by atoms with van der Waals surface area (Å²) >= 11 is 1.33. The van der Waals surface area contributed by atoms with E-state index in [-0.39, 0.29) is 5.69 Å². The van der Waals surface area contributed by atoms with E-state index in [0.29, 0.717) is 5.00 Å². The molecule has 0 aliphatic carbocycles. The maximum absolute atomic E-state index is 13.2. The standard InChI is InChI=1S/C11H8F2N2OS/c12-7-3-1-4-8(10(7)13)14-11(16)15-9-5-2-6-17-9/h1-6H,(H2,14,15,16). The summed E-state index contributed by atoms with van der Waals surface area (Å²) in [5, 5.41) is 7.14. The number of hydrogen-bond acceptors (Lipinski definition) is 2. The third kappa shape index (κ3) is 2.79. The van der Waals surface area contributed by atoms with Crippen LogP contribution in [0.1, 0.15) is 0 Å². The highest BCUT2D eigenvalue weighted by atomic mass is 32.1. The number of anilines is 2. The van der Waals surface area contributed by atoms with Crippen LogP contribution in [0.4, 0.5) is 24.3 Å². The minimum atomic E-state index is -1.08. The van der Waals surface area contributed by atoms with Gasteiger partial charge in [0.05, 0.1) is 10.7 Å².